The van der Waals surface area contributed by atoms with Crippen molar-refractivity contribution in [1.82, 2.24) is 24.8 Å². The topological polar surface area (TPSA) is 88.9 Å². The van der Waals surface area contributed by atoms with E-state index in [2.05, 4.69) is 51.8 Å². The van der Waals surface area contributed by atoms with Crippen LogP contribution in [0.4, 0.5) is 0 Å². The number of nitrogens with zero attached hydrogens (tertiary/aromatic N) is 5. The fourth-order valence-corrected chi connectivity index (χ4v) is 6.42. The first-order valence-corrected chi connectivity index (χ1v) is 11.4. The molecule has 0 atom stereocenters. The Hall–Kier alpha value is -1.60. The lowest BCUT2D eigenvalue weighted by Gasteiger charge is -2.01. The molecule has 7 nitrogen and oxygen atoms in total. The van der Waals surface area contributed by atoms with Crippen LogP contribution in [0.5, 0.6) is 0 Å². The van der Waals surface area contributed by atoms with Crippen LogP contribution in [0.15, 0.2) is 20.0 Å². The highest BCUT2D eigenvalue weighted by molar-refractivity contribution is 9.11. The van der Waals surface area contributed by atoms with E-state index in [-0.39, 0.29) is 11.4 Å². The van der Waals surface area contributed by atoms with Gasteiger partial charge in [0.15, 0.2) is 11.4 Å². The molecule has 0 saturated heterocycles. The molecule has 5 rings (SSSR count). The van der Waals surface area contributed by atoms with Gasteiger partial charge in [0, 0.05) is 7.05 Å². The molecule has 2 amide bonds. The van der Waals surface area contributed by atoms with Gasteiger partial charge in [-0.1, -0.05) is 0 Å². The van der Waals surface area contributed by atoms with Crippen molar-refractivity contribution in [2.75, 3.05) is 7.05 Å². The van der Waals surface area contributed by atoms with Gasteiger partial charge >= 0.3 is 0 Å². The van der Waals surface area contributed by atoms with Crippen LogP contribution < -0.4 is 0 Å². The summed E-state index contributed by atoms with van der Waals surface area (Å²) >= 11 is 11.2. The zero-order chi connectivity index (χ0) is 18.9. The summed E-state index contributed by atoms with van der Waals surface area (Å²) in [7, 11) is 1.43. The van der Waals surface area contributed by atoms with Crippen molar-refractivity contribution in [1.29, 1.82) is 0 Å². The average Bonchev–Trinajstić information content (AvgIpc) is 3.39. The third-order valence-corrected chi connectivity index (χ3v) is 8.32. The number of amides is 2. The summed E-state index contributed by atoms with van der Waals surface area (Å²) in [5.74, 6) is -0.888. The predicted molar refractivity (Wildman–Crippen MR) is 111 cm³/mol. The summed E-state index contributed by atoms with van der Waals surface area (Å²) in [5.41, 5.74) is 1.27. The van der Waals surface area contributed by atoms with Crippen molar-refractivity contribution < 1.29 is 9.59 Å². The molecule has 4 aromatic heterocycles. The molecule has 5 heterocycles. The van der Waals surface area contributed by atoms with Gasteiger partial charge in [0.1, 0.15) is 21.0 Å². The second kappa shape index (κ2) is 6.21. The smallest absolute Gasteiger partial charge is 0.275 e. The number of thiophene rings is 1. The zero-order valence-corrected chi connectivity index (χ0v) is 18.8. The number of hydrogen-bond donors (Lipinski definition) is 0. The minimum atomic E-state index is -0.444. The number of carbonyl (C=O) groups is 2. The molecule has 0 N–H and O–H groups in total. The fraction of sp³-hybridized carbons (Fsp3) is 0.0667. The minimum absolute atomic E-state index is 0.0801. The van der Waals surface area contributed by atoms with Crippen LogP contribution in [-0.2, 0) is 0 Å². The van der Waals surface area contributed by atoms with E-state index >= 15 is 0 Å². The molecular formula is C15H5Br2N5O2S3. The van der Waals surface area contributed by atoms with Crippen LogP contribution in [0.25, 0.3) is 30.8 Å². The molecule has 0 spiro atoms. The highest BCUT2D eigenvalue weighted by Crippen LogP contribution is 2.46. The molecule has 134 valence electrons. The lowest BCUT2D eigenvalue weighted by atomic mass is 10.2. The van der Waals surface area contributed by atoms with Crippen LogP contribution in [0, 0.1) is 0 Å². The van der Waals surface area contributed by atoms with E-state index in [1.54, 1.807) is 12.4 Å². The number of fused-ring (bicyclic) bond motifs is 2. The fourth-order valence-electron chi connectivity index (χ4n) is 2.67. The molecule has 12 heteroatoms. The maximum absolute atomic E-state index is 12.4. The van der Waals surface area contributed by atoms with Crippen molar-refractivity contribution in [3.8, 4) is 19.8 Å². The molecule has 0 bridgehead atoms. The Morgan fingerprint density at radius 2 is 1.26 bits per heavy atom. The molecule has 1 aliphatic heterocycles. The zero-order valence-electron chi connectivity index (χ0n) is 13.2. The standard InChI is InChI=1S/C15H5Br2N5O2S3/c1-22-14(23)8-9(15(22)24)21-7-6(20-8)10(12-18-2-4(16)25-12)27-11(7)13-19-3-5(17)26-13/h2-3H,1H3. The van der Waals surface area contributed by atoms with E-state index in [0.29, 0.717) is 11.0 Å². The SMILES string of the molecule is CN1C(=O)c2nc3c(-c4ncc(Br)s4)sc(-c4ncc(Br)s4)c3nc2C1=O. The van der Waals surface area contributed by atoms with Gasteiger partial charge in [-0.3, -0.25) is 14.5 Å². The Balaban J connectivity index is 1.86. The molecule has 0 aliphatic carbocycles. The Morgan fingerprint density at radius 1 is 0.815 bits per heavy atom. The molecule has 0 aromatic carbocycles. The minimum Gasteiger partial charge on any atom is -0.275 e. The second-order valence-electron chi connectivity index (χ2n) is 5.49. The number of hydrogen-bond acceptors (Lipinski definition) is 9. The lowest BCUT2D eigenvalue weighted by molar-refractivity contribution is 0.0689. The van der Waals surface area contributed by atoms with E-state index in [1.165, 1.54) is 41.1 Å². The van der Waals surface area contributed by atoms with Crippen LogP contribution in [-0.4, -0.2) is 43.7 Å². The van der Waals surface area contributed by atoms with E-state index in [4.69, 9.17) is 0 Å². The van der Waals surface area contributed by atoms with Crippen molar-refractivity contribution >= 4 is 88.7 Å². The Morgan fingerprint density at radius 3 is 1.63 bits per heavy atom. The van der Waals surface area contributed by atoms with Crippen LogP contribution >= 0.6 is 65.9 Å². The third kappa shape index (κ3) is 2.62. The first-order chi connectivity index (χ1) is 12.9. The molecule has 0 radical (unpaired) electrons. The summed E-state index contributed by atoms with van der Waals surface area (Å²) in [6, 6.07) is 0. The van der Waals surface area contributed by atoms with Crippen molar-refractivity contribution in [3.05, 3.63) is 31.4 Å². The van der Waals surface area contributed by atoms with Crippen molar-refractivity contribution in [2.24, 2.45) is 0 Å². The Kier molecular flexibility index (Phi) is 4.02. The third-order valence-electron chi connectivity index (χ3n) is 3.89. The van der Waals surface area contributed by atoms with Crippen LogP contribution in [0.3, 0.4) is 0 Å². The highest BCUT2D eigenvalue weighted by Gasteiger charge is 2.37. The number of rotatable bonds is 2. The van der Waals surface area contributed by atoms with Gasteiger partial charge < -0.3 is 0 Å². The van der Waals surface area contributed by atoms with E-state index in [1.807, 2.05) is 0 Å². The molecular weight excluding hydrogens is 538 g/mol. The largest absolute Gasteiger partial charge is 0.281 e. The summed E-state index contributed by atoms with van der Waals surface area (Å²) in [4.78, 5) is 45.2. The van der Waals surface area contributed by atoms with Gasteiger partial charge in [0.25, 0.3) is 11.8 Å². The van der Waals surface area contributed by atoms with E-state index in [9.17, 15) is 9.59 Å². The van der Waals surface area contributed by atoms with Crippen LogP contribution in [0.1, 0.15) is 21.0 Å². The quantitative estimate of drug-likeness (QED) is 0.341. The van der Waals surface area contributed by atoms with Gasteiger partial charge in [0.2, 0.25) is 0 Å². The maximum atomic E-state index is 12.4. The normalized spacial score (nSPS) is 13.8. The number of imide groups is 1. The molecule has 27 heavy (non-hydrogen) atoms. The Bertz CT molecular complexity index is 1180. The Labute approximate surface area is 180 Å². The molecule has 0 saturated carbocycles. The molecule has 4 aromatic rings. The van der Waals surface area contributed by atoms with Crippen molar-refractivity contribution in [2.45, 2.75) is 0 Å². The van der Waals surface area contributed by atoms with Gasteiger partial charge in [-0.2, -0.15) is 0 Å². The van der Waals surface area contributed by atoms with Crippen molar-refractivity contribution in [3.63, 3.8) is 0 Å². The van der Waals surface area contributed by atoms with Gasteiger partial charge in [-0.15, -0.1) is 34.0 Å². The average molecular weight is 543 g/mol. The summed E-state index contributed by atoms with van der Waals surface area (Å²) in [6.07, 6.45) is 3.43. The van der Waals surface area contributed by atoms with Gasteiger partial charge in [-0.05, 0) is 31.9 Å². The lowest BCUT2D eigenvalue weighted by Crippen LogP contribution is -2.24. The maximum Gasteiger partial charge on any atom is 0.281 e. The summed E-state index contributed by atoms with van der Waals surface area (Å²) in [5, 5.41) is 1.52. The first kappa shape index (κ1) is 17.5. The number of aromatic nitrogens is 4. The van der Waals surface area contributed by atoms with E-state index in [0.717, 1.165) is 32.2 Å². The number of thiazole rings is 2. The summed E-state index contributed by atoms with van der Waals surface area (Å²) < 4.78 is 1.77. The van der Waals surface area contributed by atoms with Gasteiger partial charge in [0.05, 0.1) is 29.7 Å². The molecule has 0 fully saturated rings. The summed E-state index contributed by atoms with van der Waals surface area (Å²) in [6.45, 7) is 0. The molecule has 0 unspecified atom stereocenters. The van der Waals surface area contributed by atoms with Gasteiger partial charge in [-0.25, -0.2) is 19.9 Å². The van der Waals surface area contributed by atoms with Crippen LogP contribution in [0.2, 0.25) is 0 Å². The monoisotopic (exact) mass is 541 g/mol. The predicted octanol–water partition coefficient (Wildman–Crippen LogP) is 4.69. The first-order valence-electron chi connectivity index (χ1n) is 7.34. The van der Waals surface area contributed by atoms with E-state index < -0.39 is 11.8 Å². The number of halogens is 2. The highest BCUT2D eigenvalue weighted by atomic mass is 79.9. The molecule has 1 aliphatic rings. The second-order valence-corrected chi connectivity index (χ2v) is 11.3. The number of carbonyl (C=O) groups excluding carboxylic acids is 2.